The molecule has 1 heterocycles. The fourth-order valence-corrected chi connectivity index (χ4v) is 2.22. The van der Waals surface area contributed by atoms with Crippen molar-refractivity contribution in [2.24, 2.45) is 0 Å². The lowest BCUT2D eigenvalue weighted by atomic mass is 10.3. The second kappa shape index (κ2) is 6.48. The van der Waals surface area contributed by atoms with E-state index in [1.165, 1.54) is 25.7 Å². The summed E-state index contributed by atoms with van der Waals surface area (Å²) < 4.78 is 0.884. The normalized spacial score (nSPS) is 15.1. The van der Waals surface area contributed by atoms with Gasteiger partial charge in [-0.05, 0) is 62.3 Å². The number of halogens is 1. The molecule has 0 aliphatic heterocycles. The molecule has 0 atom stereocenters. The summed E-state index contributed by atoms with van der Waals surface area (Å²) in [5, 5.41) is 3.38. The highest BCUT2D eigenvalue weighted by Crippen LogP contribution is 2.38. The van der Waals surface area contributed by atoms with E-state index in [4.69, 9.17) is 0 Å². The SMILES string of the molecule is CN(C)CCCCNc1cc(Br)nc(C2CC2)n1. The summed E-state index contributed by atoms with van der Waals surface area (Å²) in [7, 11) is 4.22. The molecule has 1 aromatic rings. The summed E-state index contributed by atoms with van der Waals surface area (Å²) in [6.45, 7) is 2.11. The fraction of sp³-hybridized carbons (Fsp3) is 0.692. The number of rotatable bonds is 7. The molecular formula is C13H21BrN4. The van der Waals surface area contributed by atoms with E-state index in [-0.39, 0.29) is 0 Å². The van der Waals surface area contributed by atoms with Crippen molar-refractivity contribution in [3.63, 3.8) is 0 Å². The number of unbranched alkanes of at least 4 members (excludes halogenated alkanes) is 1. The van der Waals surface area contributed by atoms with Gasteiger partial charge in [-0.1, -0.05) is 0 Å². The summed E-state index contributed by atoms with van der Waals surface area (Å²) in [4.78, 5) is 11.2. The molecule has 1 N–H and O–H groups in total. The van der Waals surface area contributed by atoms with Crippen LogP contribution in [0.2, 0.25) is 0 Å². The van der Waals surface area contributed by atoms with E-state index in [0.29, 0.717) is 5.92 Å². The van der Waals surface area contributed by atoms with Gasteiger partial charge in [0.15, 0.2) is 0 Å². The van der Waals surface area contributed by atoms with E-state index in [2.05, 4.69) is 50.2 Å². The van der Waals surface area contributed by atoms with Crippen LogP contribution < -0.4 is 5.32 Å². The van der Waals surface area contributed by atoms with E-state index in [9.17, 15) is 0 Å². The van der Waals surface area contributed by atoms with Gasteiger partial charge in [-0.2, -0.15) is 0 Å². The third-order valence-corrected chi connectivity index (χ3v) is 3.40. The zero-order valence-corrected chi connectivity index (χ0v) is 12.7. The first-order valence-corrected chi connectivity index (χ1v) is 7.37. The molecule has 0 spiro atoms. The Bertz CT molecular complexity index is 391. The zero-order chi connectivity index (χ0) is 13.0. The minimum absolute atomic E-state index is 0.594. The van der Waals surface area contributed by atoms with Crippen molar-refractivity contribution >= 4 is 21.7 Å². The van der Waals surface area contributed by atoms with E-state index in [0.717, 1.165) is 29.3 Å². The lowest BCUT2D eigenvalue weighted by molar-refractivity contribution is 0.396. The van der Waals surface area contributed by atoms with Gasteiger partial charge in [0.25, 0.3) is 0 Å². The Morgan fingerprint density at radius 1 is 1.33 bits per heavy atom. The number of hydrogen-bond donors (Lipinski definition) is 1. The summed E-state index contributed by atoms with van der Waals surface area (Å²) in [6.07, 6.45) is 4.84. The quantitative estimate of drug-likeness (QED) is 0.621. The van der Waals surface area contributed by atoms with Crippen LogP contribution in [0.25, 0.3) is 0 Å². The highest BCUT2D eigenvalue weighted by molar-refractivity contribution is 9.10. The number of nitrogens with one attached hydrogen (secondary N) is 1. The van der Waals surface area contributed by atoms with Crippen LogP contribution in [0.1, 0.15) is 37.4 Å². The average molecular weight is 313 g/mol. The van der Waals surface area contributed by atoms with Crippen molar-refractivity contribution in [3.8, 4) is 0 Å². The Balaban J connectivity index is 1.78. The summed E-state index contributed by atoms with van der Waals surface area (Å²) in [5.74, 6) is 2.53. The second-order valence-electron chi connectivity index (χ2n) is 5.15. The van der Waals surface area contributed by atoms with Crippen LogP contribution in [0, 0.1) is 0 Å². The van der Waals surface area contributed by atoms with Gasteiger partial charge in [0.1, 0.15) is 16.2 Å². The smallest absolute Gasteiger partial charge is 0.135 e. The maximum atomic E-state index is 4.57. The van der Waals surface area contributed by atoms with Crippen LogP contribution in [-0.4, -0.2) is 42.1 Å². The van der Waals surface area contributed by atoms with Crippen molar-refractivity contribution in [3.05, 3.63) is 16.5 Å². The first-order chi connectivity index (χ1) is 8.65. The van der Waals surface area contributed by atoms with Crippen LogP contribution >= 0.6 is 15.9 Å². The van der Waals surface area contributed by atoms with Gasteiger partial charge in [-0.3, -0.25) is 0 Å². The number of nitrogens with zero attached hydrogens (tertiary/aromatic N) is 3. The van der Waals surface area contributed by atoms with E-state index in [1.54, 1.807) is 0 Å². The monoisotopic (exact) mass is 312 g/mol. The Kier molecular flexibility index (Phi) is 4.95. The third-order valence-electron chi connectivity index (χ3n) is 2.99. The number of hydrogen-bond acceptors (Lipinski definition) is 4. The second-order valence-corrected chi connectivity index (χ2v) is 5.96. The van der Waals surface area contributed by atoms with Gasteiger partial charge in [-0.15, -0.1) is 0 Å². The van der Waals surface area contributed by atoms with Gasteiger partial charge in [0, 0.05) is 18.5 Å². The molecule has 0 aromatic carbocycles. The Hall–Kier alpha value is -0.680. The van der Waals surface area contributed by atoms with Crippen molar-refractivity contribution in [2.45, 2.75) is 31.6 Å². The maximum Gasteiger partial charge on any atom is 0.135 e. The van der Waals surface area contributed by atoms with Crippen molar-refractivity contribution in [1.29, 1.82) is 0 Å². The molecule has 0 saturated heterocycles. The molecule has 1 aliphatic carbocycles. The minimum atomic E-state index is 0.594. The summed E-state index contributed by atoms with van der Waals surface area (Å²) >= 11 is 3.45. The molecule has 0 amide bonds. The molecule has 1 aromatic heterocycles. The number of aromatic nitrogens is 2. The van der Waals surface area contributed by atoms with Crippen LogP contribution in [0.5, 0.6) is 0 Å². The van der Waals surface area contributed by atoms with E-state index < -0.39 is 0 Å². The van der Waals surface area contributed by atoms with Gasteiger partial charge in [0.2, 0.25) is 0 Å². The highest BCUT2D eigenvalue weighted by Gasteiger charge is 2.27. The van der Waals surface area contributed by atoms with Crippen molar-refractivity contribution in [2.75, 3.05) is 32.5 Å². The van der Waals surface area contributed by atoms with Crippen LogP contribution in [0.3, 0.4) is 0 Å². The predicted molar refractivity (Wildman–Crippen MR) is 78.0 cm³/mol. The zero-order valence-electron chi connectivity index (χ0n) is 11.1. The molecule has 1 aliphatic rings. The van der Waals surface area contributed by atoms with Crippen molar-refractivity contribution in [1.82, 2.24) is 14.9 Å². The average Bonchev–Trinajstić information content (AvgIpc) is 3.11. The molecule has 0 radical (unpaired) electrons. The van der Waals surface area contributed by atoms with Crippen LogP contribution in [0.15, 0.2) is 10.7 Å². The topological polar surface area (TPSA) is 41.0 Å². The fourth-order valence-electron chi connectivity index (χ4n) is 1.82. The van der Waals surface area contributed by atoms with Crippen LogP contribution in [0.4, 0.5) is 5.82 Å². The molecule has 100 valence electrons. The molecule has 18 heavy (non-hydrogen) atoms. The lowest BCUT2D eigenvalue weighted by Crippen LogP contribution is -2.14. The van der Waals surface area contributed by atoms with E-state index in [1.807, 2.05) is 6.07 Å². The van der Waals surface area contributed by atoms with Gasteiger partial charge < -0.3 is 10.2 Å². The first kappa shape index (κ1) is 13.7. The highest BCUT2D eigenvalue weighted by atomic mass is 79.9. The molecule has 2 rings (SSSR count). The van der Waals surface area contributed by atoms with Crippen LogP contribution in [-0.2, 0) is 0 Å². The molecule has 1 saturated carbocycles. The van der Waals surface area contributed by atoms with Gasteiger partial charge in [-0.25, -0.2) is 9.97 Å². The molecule has 4 nitrogen and oxygen atoms in total. The maximum absolute atomic E-state index is 4.57. The largest absolute Gasteiger partial charge is 0.370 e. The van der Waals surface area contributed by atoms with Gasteiger partial charge >= 0.3 is 0 Å². The minimum Gasteiger partial charge on any atom is -0.370 e. The lowest BCUT2D eigenvalue weighted by Gasteiger charge is -2.10. The Morgan fingerprint density at radius 3 is 2.78 bits per heavy atom. The number of anilines is 1. The molecule has 0 bridgehead atoms. The Morgan fingerprint density at radius 2 is 2.11 bits per heavy atom. The molecule has 1 fully saturated rings. The predicted octanol–water partition coefficient (Wildman–Crippen LogP) is 2.87. The molecule has 0 unspecified atom stereocenters. The molecule has 5 heteroatoms. The third kappa shape index (κ3) is 4.53. The summed E-state index contributed by atoms with van der Waals surface area (Å²) in [5.41, 5.74) is 0. The van der Waals surface area contributed by atoms with Crippen molar-refractivity contribution < 1.29 is 0 Å². The standard InChI is InChI=1S/C13H21BrN4/c1-18(2)8-4-3-7-15-12-9-11(14)16-13(17-12)10-5-6-10/h9-10H,3-8H2,1-2H3,(H,15,16,17). The van der Waals surface area contributed by atoms with Gasteiger partial charge in [0.05, 0.1) is 0 Å². The first-order valence-electron chi connectivity index (χ1n) is 6.58. The molecular weight excluding hydrogens is 292 g/mol. The summed E-state index contributed by atoms with van der Waals surface area (Å²) in [6, 6.07) is 1.96. The van der Waals surface area contributed by atoms with E-state index >= 15 is 0 Å². The Labute approximate surface area is 117 Å².